The van der Waals surface area contributed by atoms with E-state index in [1.54, 1.807) is 0 Å². The van der Waals surface area contributed by atoms with Gasteiger partial charge in [-0.3, -0.25) is 4.79 Å². The molecule has 2 rings (SSSR count). The number of rotatable bonds is 3. The number of carbonyl (C=O) groups excluding carboxylic acids is 1. The highest BCUT2D eigenvalue weighted by Gasteiger charge is 2.22. The van der Waals surface area contributed by atoms with Crippen LogP contribution in [0.25, 0.3) is 0 Å². The summed E-state index contributed by atoms with van der Waals surface area (Å²) >= 11 is 0. The molecule has 14 heavy (non-hydrogen) atoms. The van der Waals surface area contributed by atoms with E-state index in [-0.39, 0.29) is 11.8 Å². The van der Waals surface area contributed by atoms with E-state index in [9.17, 15) is 4.79 Å². The molecule has 0 aromatic carbocycles. The number of aromatic amines is 1. The second kappa shape index (κ2) is 4.17. The highest BCUT2D eigenvalue weighted by molar-refractivity contribution is 5.78. The SMILES string of the molecule is O=C(NCc1nn[nH]n1)C1CCCC1. The van der Waals surface area contributed by atoms with Gasteiger partial charge in [-0.2, -0.15) is 5.21 Å². The molecule has 0 radical (unpaired) electrons. The molecular weight excluding hydrogens is 182 g/mol. The average molecular weight is 195 g/mol. The summed E-state index contributed by atoms with van der Waals surface area (Å²) < 4.78 is 0. The Kier molecular flexibility index (Phi) is 2.71. The third-order valence-corrected chi connectivity index (χ3v) is 2.54. The van der Waals surface area contributed by atoms with Crippen molar-refractivity contribution in [1.82, 2.24) is 25.9 Å². The minimum atomic E-state index is 0.118. The van der Waals surface area contributed by atoms with Crippen LogP contribution in [0.2, 0.25) is 0 Å². The van der Waals surface area contributed by atoms with E-state index in [2.05, 4.69) is 25.9 Å². The number of nitrogens with zero attached hydrogens (tertiary/aromatic N) is 3. The zero-order valence-electron chi connectivity index (χ0n) is 7.86. The van der Waals surface area contributed by atoms with Gasteiger partial charge >= 0.3 is 0 Å². The quantitative estimate of drug-likeness (QED) is 0.711. The second-order valence-electron chi connectivity index (χ2n) is 3.53. The highest BCUT2D eigenvalue weighted by Crippen LogP contribution is 2.24. The Bertz CT molecular complexity index is 291. The zero-order chi connectivity index (χ0) is 9.80. The molecule has 0 bridgehead atoms. The topological polar surface area (TPSA) is 83.6 Å². The Hall–Kier alpha value is -1.46. The van der Waals surface area contributed by atoms with Crippen LogP contribution in [0, 0.1) is 5.92 Å². The van der Waals surface area contributed by atoms with Crippen molar-refractivity contribution < 1.29 is 4.79 Å². The Labute approximate surface area is 81.5 Å². The number of tetrazole rings is 1. The van der Waals surface area contributed by atoms with Crippen molar-refractivity contribution in [3.8, 4) is 0 Å². The first-order valence-electron chi connectivity index (χ1n) is 4.86. The molecule has 6 heteroatoms. The zero-order valence-corrected chi connectivity index (χ0v) is 7.86. The van der Waals surface area contributed by atoms with E-state index in [4.69, 9.17) is 0 Å². The second-order valence-corrected chi connectivity index (χ2v) is 3.53. The van der Waals surface area contributed by atoms with Gasteiger partial charge in [0.15, 0.2) is 5.82 Å². The molecule has 1 amide bonds. The van der Waals surface area contributed by atoms with Gasteiger partial charge in [0.2, 0.25) is 5.91 Å². The summed E-state index contributed by atoms with van der Waals surface area (Å²) in [7, 11) is 0. The van der Waals surface area contributed by atoms with Gasteiger partial charge in [0.1, 0.15) is 0 Å². The Morgan fingerprint density at radius 2 is 2.29 bits per heavy atom. The van der Waals surface area contributed by atoms with E-state index < -0.39 is 0 Å². The van der Waals surface area contributed by atoms with Gasteiger partial charge < -0.3 is 5.32 Å². The van der Waals surface area contributed by atoms with Gasteiger partial charge in [0.05, 0.1) is 6.54 Å². The molecule has 1 aromatic heterocycles. The van der Waals surface area contributed by atoms with Gasteiger partial charge in [-0.1, -0.05) is 18.1 Å². The van der Waals surface area contributed by atoms with E-state index in [1.165, 1.54) is 12.8 Å². The fourth-order valence-corrected chi connectivity index (χ4v) is 1.76. The molecule has 1 saturated carbocycles. The molecule has 1 fully saturated rings. The Balaban J connectivity index is 1.77. The summed E-state index contributed by atoms with van der Waals surface area (Å²) in [6, 6.07) is 0. The van der Waals surface area contributed by atoms with Crippen LogP contribution >= 0.6 is 0 Å². The highest BCUT2D eigenvalue weighted by atomic mass is 16.1. The summed E-state index contributed by atoms with van der Waals surface area (Å²) in [6.45, 7) is 0.367. The lowest BCUT2D eigenvalue weighted by Crippen LogP contribution is -2.29. The summed E-state index contributed by atoms with van der Waals surface area (Å²) in [5, 5.41) is 16.1. The monoisotopic (exact) mass is 195 g/mol. The average Bonchev–Trinajstić information content (AvgIpc) is 2.87. The molecule has 1 heterocycles. The van der Waals surface area contributed by atoms with Crippen LogP contribution in [0.15, 0.2) is 0 Å². The standard InChI is InChI=1S/C8H13N5O/c14-8(6-3-1-2-4-6)9-5-7-10-12-13-11-7/h6H,1-5H2,(H,9,14)(H,10,11,12,13). The van der Waals surface area contributed by atoms with Crippen LogP contribution in [0.1, 0.15) is 31.5 Å². The number of H-pyrrole nitrogens is 1. The largest absolute Gasteiger partial charge is 0.348 e. The van der Waals surface area contributed by atoms with Crippen molar-refractivity contribution in [2.75, 3.05) is 0 Å². The lowest BCUT2D eigenvalue weighted by molar-refractivity contribution is -0.125. The molecule has 0 aliphatic heterocycles. The lowest BCUT2D eigenvalue weighted by Gasteiger charge is -2.07. The van der Waals surface area contributed by atoms with E-state index in [0.29, 0.717) is 12.4 Å². The first-order valence-corrected chi connectivity index (χ1v) is 4.86. The van der Waals surface area contributed by atoms with Crippen LogP contribution in [0.3, 0.4) is 0 Å². The van der Waals surface area contributed by atoms with Crippen LogP contribution < -0.4 is 5.32 Å². The molecule has 0 spiro atoms. The maximum absolute atomic E-state index is 11.5. The fourth-order valence-electron chi connectivity index (χ4n) is 1.76. The van der Waals surface area contributed by atoms with Crippen molar-refractivity contribution in [1.29, 1.82) is 0 Å². The third kappa shape index (κ3) is 2.07. The number of nitrogens with one attached hydrogen (secondary N) is 2. The normalized spacial score (nSPS) is 17.1. The van der Waals surface area contributed by atoms with Gasteiger partial charge in [-0.25, -0.2) is 0 Å². The van der Waals surface area contributed by atoms with Crippen molar-refractivity contribution >= 4 is 5.91 Å². The Morgan fingerprint density at radius 1 is 1.50 bits per heavy atom. The molecule has 1 aliphatic rings. The van der Waals surface area contributed by atoms with Crippen LogP contribution in [0.5, 0.6) is 0 Å². The number of hydrogen-bond acceptors (Lipinski definition) is 4. The number of hydrogen-bond donors (Lipinski definition) is 2. The predicted molar refractivity (Wildman–Crippen MR) is 48.0 cm³/mol. The van der Waals surface area contributed by atoms with Gasteiger partial charge in [0.25, 0.3) is 0 Å². The molecule has 1 aliphatic carbocycles. The first-order chi connectivity index (χ1) is 6.86. The minimum absolute atomic E-state index is 0.118. The smallest absolute Gasteiger partial charge is 0.223 e. The van der Waals surface area contributed by atoms with E-state index in [1.807, 2.05) is 0 Å². The fraction of sp³-hybridized carbons (Fsp3) is 0.750. The van der Waals surface area contributed by atoms with Gasteiger partial charge in [0, 0.05) is 5.92 Å². The number of amides is 1. The van der Waals surface area contributed by atoms with Crippen molar-refractivity contribution in [2.24, 2.45) is 5.92 Å². The van der Waals surface area contributed by atoms with Crippen LogP contribution in [0.4, 0.5) is 0 Å². The Morgan fingerprint density at radius 3 is 2.93 bits per heavy atom. The van der Waals surface area contributed by atoms with Crippen LogP contribution in [-0.4, -0.2) is 26.5 Å². The third-order valence-electron chi connectivity index (χ3n) is 2.54. The molecule has 0 unspecified atom stereocenters. The maximum atomic E-state index is 11.5. The summed E-state index contributed by atoms with van der Waals surface area (Å²) in [5.41, 5.74) is 0. The molecule has 2 N–H and O–H groups in total. The molecule has 76 valence electrons. The van der Waals surface area contributed by atoms with E-state index in [0.717, 1.165) is 12.8 Å². The van der Waals surface area contributed by atoms with Crippen LogP contribution in [-0.2, 0) is 11.3 Å². The van der Waals surface area contributed by atoms with E-state index >= 15 is 0 Å². The summed E-state index contributed by atoms with van der Waals surface area (Å²) in [5.74, 6) is 0.838. The molecule has 0 saturated heterocycles. The first kappa shape index (κ1) is 9.11. The molecule has 0 atom stereocenters. The van der Waals surface area contributed by atoms with Crippen molar-refractivity contribution in [3.63, 3.8) is 0 Å². The number of aromatic nitrogens is 4. The lowest BCUT2D eigenvalue weighted by atomic mass is 10.1. The van der Waals surface area contributed by atoms with Crippen molar-refractivity contribution in [3.05, 3.63) is 5.82 Å². The summed E-state index contributed by atoms with van der Waals surface area (Å²) in [4.78, 5) is 11.5. The summed E-state index contributed by atoms with van der Waals surface area (Å²) in [6.07, 6.45) is 4.36. The minimum Gasteiger partial charge on any atom is -0.348 e. The molecule has 1 aromatic rings. The predicted octanol–water partition coefficient (Wildman–Crippen LogP) is 0.00610. The molecular formula is C8H13N5O. The van der Waals surface area contributed by atoms with Gasteiger partial charge in [-0.15, -0.1) is 10.2 Å². The molecule has 6 nitrogen and oxygen atoms in total. The van der Waals surface area contributed by atoms with Gasteiger partial charge in [-0.05, 0) is 12.8 Å². The van der Waals surface area contributed by atoms with Crippen molar-refractivity contribution in [2.45, 2.75) is 32.2 Å². The maximum Gasteiger partial charge on any atom is 0.223 e. The number of carbonyl (C=O) groups is 1.